The highest BCUT2D eigenvalue weighted by atomic mass is 32.2. The van der Waals surface area contributed by atoms with E-state index in [1.807, 2.05) is 0 Å². The summed E-state index contributed by atoms with van der Waals surface area (Å²) in [6.07, 6.45) is 1.48. The minimum absolute atomic E-state index is 0.0200. The minimum atomic E-state index is -1.15. The van der Waals surface area contributed by atoms with Crippen LogP contribution in [-0.4, -0.2) is 35.5 Å². The summed E-state index contributed by atoms with van der Waals surface area (Å²) in [7, 11) is 3.05. The molecule has 0 fully saturated rings. The molecule has 10 heteroatoms. The second-order valence-corrected chi connectivity index (χ2v) is 8.33. The van der Waals surface area contributed by atoms with Gasteiger partial charge in [-0.05, 0) is 53.7 Å². The molecule has 3 aromatic carbocycles. The van der Waals surface area contributed by atoms with E-state index in [2.05, 4.69) is 10.2 Å². The highest BCUT2D eigenvalue weighted by Crippen LogP contribution is 2.33. The molecular formula is C26H21FN2O6S. The minimum Gasteiger partial charge on any atom is -0.497 e. The van der Waals surface area contributed by atoms with E-state index in [-0.39, 0.29) is 28.4 Å². The molecule has 4 rings (SSSR count). The molecule has 0 radical (unpaired) electrons. The largest absolute Gasteiger partial charge is 0.497 e. The lowest BCUT2D eigenvalue weighted by atomic mass is 10.2. The first kappa shape index (κ1) is 24.8. The van der Waals surface area contributed by atoms with E-state index in [9.17, 15) is 14.3 Å². The van der Waals surface area contributed by atoms with Gasteiger partial charge in [0.05, 0.1) is 14.2 Å². The summed E-state index contributed by atoms with van der Waals surface area (Å²) in [5.41, 5.74) is 1.63. The predicted octanol–water partition coefficient (Wildman–Crippen LogP) is 5.69. The van der Waals surface area contributed by atoms with Gasteiger partial charge in [0, 0.05) is 17.2 Å². The molecule has 8 nitrogen and oxygen atoms in total. The normalized spacial score (nSPS) is 11.2. The van der Waals surface area contributed by atoms with Gasteiger partial charge in [-0.3, -0.25) is 0 Å². The van der Waals surface area contributed by atoms with Crippen LogP contribution in [-0.2, 0) is 11.4 Å². The molecule has 0 bridgehead atoms. The third kappa shape index (κ3) is 6.22. The summed E-state index contributed by atoms with van der Waals surface area (Å²) in [6.45, 7) is 0.0801. The molecule has 0 atom stereocenters. The molecule has 0 amide bonds. The van der Waals surface area contributed by atoms with E-state index >= 15 is 0 Å². The highest BCUT2D eigenvalue weighted by molar-refractivity contribution is 8.03. The zero-order valence-electron chi connectivity index (χ0n) is 19.3. The van der Waals surface area contributed by atoms with Crippen molar-refractivity contribution >= 4 is 23.8 Å². The Hall–Kier alpha value is -4.31. The number of halogens is 1. The molecule has 36 heavy (non-hydrogen) atoms. The van der Waals surface area contributed by atoms with E-state index < -0.39 is 5.97 Å². The predicted molar refractivity (Wildman–Crippen MR) is 131 cm³/mol. The number of hydrogen-bond donors (Lipinski definition) is 1. The van der Waals surface area contributed by atoms with Crippen molar-refractivity contribution in [3.63, 3.8) is 0 Å². The molecule has 1 aromatic heterocycles. The quantitative estimate of drug-likeness (QED) is 0.214. The summed E-state index contributed by atoms with van der Waals surface area (Å²) in [5, 5.41) is 17.7. The SMILES string of the molecule is COc1cc(OC)cc(-c2nnc(S/C(=C\c3ccc(OCc4ccccc4F)cc3)C(=O)O)o2)c1. The van der Waals surface area contributed by atoms with E-state index in [4.69, 9.17) is 18.6 Å². The zero-order valence-corrected chi connectivity index (χ0v) is 20.1. The monoisotopic (exact) mass is 508 g/mol. The number of rotatable bonds is 10. The van der Waals surface area contributed by atoms with Crippen LogP contribution in [0, 0.1) is 5.82 Å². The number of hydrogen-bond acceptors (Lipinski definition) is 8. The lowest BCUT2D eigenvalue weighted by Crippen LogP contribution is -1.98. The van der Waals surface area contributed by atoms with Crippen molar-refractivity contribution in [1.82, 2.24) is 10.2 Å². The second kappa shape index (κ2) is 11.4. The fraction of sp³-hybridized carbons (Fsp3) is 0.115. The van der Waals surface area contributed by atoms with Crippen LogP contribution >= 0.6 is 11.8 Å². The first-order valence-electron chi connectivity index (χ1n) is 10.6. The number of carboxylic acids is 1. The number of ether oxygens (including phenoxy) is 3. The maximum atomic E-state index is 13.7. The van der Waals surface area contributed by atoms with Gasteiger partial charge in [0.25, 0.3) is 5.22 Å². The first-order valence-corrected chi connectivity index (χ1v) is 11.4. The van der Waals surface area contributed by atoms with Gasteiger partial charge >= 0.3 is 5.97 Å². The average molecular weight is 509 g/mol. The van der Waals surface area contributed by atoms with Crippen LogP contribution in [0.15, 0.2) is 81.3 Å². The van der Waals surface area contributed by atoms with Gasteiger partial charge in [-0.15, -0.1) is 10.2 Å². The smallest absolute Gasteiger partial charge is 0.342 e. The van der Waals surface area contributed by atoms with Crippen LogP contribution in [0.1, 0.15) is 11.1 Å². The molecule has 0 spiro atoms. The summed E-state index contributed by atoms with van der Waals surface area (Å²) in [6, 6.07) is 18.2. The lowest BCUT2D eigenvalue weighted by Gasteiger charge is -2.07. The van der Waals surface area contributed by atoms with Gasteiger partial charge in [0.1, 0.15) is 34.6 Å². The second-order valence-electron chi connectivity index (χ2n) is 7.34. The number of nitrogens with zero attached hydrogens (tertiary/aromatic N) is 2. The van der Waals surface area contributed by atoms with Gasteiger partial charge in [0.2, 0.25) is 5.89 Å². The van der Waals surface area contributed by atoms with Gasteiger partial charge in [-0.1, -0.05) is 30.3 Å². The third-order valence-corrected chi connectivity index (χ3v) is 5.79. The Balaban J connectivity index is 1.46. The molecule has 1 N–H and O–H groups in total. The highest BCUT2D eigenvalue weighted by Gasteiger charge is 2.17. The molecule has 4 aromatic rings. The van der Waals surface area contributed by atoms with Gasteiger partial charge in [-0.2, -0.15) is 0 Å². The van der Waals surface area contributed by atoms with Crippen molar-refractivity contribution in [2.45, 2.75) is 11.8 Å². The van der Waals surface area contributed by atoms with Crippen molar-refractivity contribution in [2.24, 2.45) is 0 Å². The van der Waals surface area contributed by atoms with Gasteiger partial charge in [-0.25, -0.2) is 9.18 Å². The van der Waals surface area contributed by atoms with Crippen LogP contribution in [0.25, 0.3) is 17.5 Å². The van der Waals surface area contributed by atoms with E-state index in [1.54, 1.807) is 60.7 Å². The summed E-state index contributed by atoms with van der Waals surface area (Å²) in [5.74, 6) is 0.317. The Kier molecular flexibility index (Phi) is 7.86. The number of methoxy groups -OCH3 is 2. The van der Waals surface area contributed by atoms with Crippen molar-refractivity contribution in [3.05, 3.63) is 88.6 Å². The van der Waals surface area contributed by atoms with Crippen molar-refractivity contribution in [2.75, 3.05) is 14.2 Å². The maximum absolute atomic E-state index is 13.7. The fourth-order valence-electron chi connectivity index (χ4n) is 3.12. The van der Waals surface area contributed by atoms with Crippen LogP contribution in [0.3, 0.4) is 0 Å². The molecular weight excluding hydrogens is 487 g/mol. The number of carboxylic acid groups (broad SMARTS) is 1. The summed E-state index contributed by atoms with van der Waals surface area (Å²) in [4.78, 5) is 11.8. The van der Waals surface area contributed by atoms with Crippen molar-refractivity contribution in [1.29, 1.82) is 0 Å². The van der Waals surface area contributed by atoms with Crippen LogP contribution in [0.5, 0.6) is 17.2 Å². The van der Waals surface area contributed by atoms with E-state index in [1.165, 1.54) is 26.4 Å². The molecule has 0 aliphatic heterocycles. The van der Waals surface area contributed by atoms with E-state index in [0.29, 0.717) is 33.9 Å². The molecule has 0 saturated heterocycles. The maximum Gasteiger partial charge on any atom is 0.342 e. The Morgan fingerprint density at radius 2 is 1.69 bits per heavy atom. The molecule has 0 saturated carbocycles. The Morgan fingerprint density at radius 3 is 2.33 bits per heavy atom. The number of thioether (sulfide) groups is 1. The number of benzene rings is 3. The third-order valence-electron chi connectivity index (χ3n) is 4.94. The van der Waals surface area contributed by atoms with Crippen molar-refractivity contribution in [3.8, 4) is 28.7 Å². The molecule has 0 aliphatic carbocycles. The lowest BCUT2D eigenvalue weighted by molar-refractivity contribution is -0.131. The molecule has 1 heterocycles. The van der Waals surface area contributed by atoms with E-state index in [0.717, 1.165) is 11.8 Å². The molecule has 0 aliphatic rings. The summed E-state index contributed by atoms with van der Waals surface area (Å²) < 4.78 is 35.5. The zero-order chi connectivity index (χ0) is 25.5. The standard InChI is InChI=1S/C26H21FN2O6S/c1-32-20-12-18(13-21(14-20)33-2)24-28-29-26(35-24)36-23(25(30)31)11-16-7-9-19(10-8-16)34-15-17-5-3-4-6-22(17)27/h3-14H,15H2,1-2H3,(H,30,31)/b23-11-. The molecule has 0 unspecified atom stereocenters. The fourth-order valence-corrected chi connectivity index (χ4v) is 3.79. The van der Waals surface area contributed by atoms with Crippen LogP contribution in [0.2, 0.25) is 0 Å². The topological polar surface area (TPSA) is 104 Å². The van der Waals surface area contributed by atoms with Crippen LogP contribution < -0.4 is 14.2 Å². The number of carbonyl (C=O) groups is 1. The van der Waals surface area contributed by atoms with Crippen LogP contribution in [0.4, 0.5) is 4.39 Å². The molecule has 184 valence electrons. The Morgan fingerprint density at radius 1 is 1.00 bits per heavy atom. The van der Waals surface area contributed by atoms with Gasteiger partial charge < -0.3 is 23.7 Å². The Bertz CT molecular complexity index is 1370. The number of aliphatic carboxylic acids is 1. The number of aromatic nitrogens is 2. The van der Waals surface area contributed by atoms with Crippen molar-refractivity contribution < 1.29 is 32.9 Å². The van der Waals surface area contributed by atoms with Gasteiger partial charge in [0.15, 0.2) is 0 Å². The average Bonchev–Trinajstić information content (AvgIpc) is 3.37. The summed E-state index contributed by atoms with van der Waals surface area (Å²) >= 11 is 0.826. The Labute approximate surface area is 210 Å². The first-order chi connectivity index (χ1) is 17.4.